The Balaban J connectivity index is 0.000000720. The lowest BCUT2D eigenvalue weighted by atomic mass is 10.3. The lowest BCUT2D eigenvalue weighted by Gasteiger charge is -1.90. The summed E-state index contributed by atoms with van der Waals surface area (Å²) in [7, 11) is 0. The zero-order valence-electron chi connectivity index (χ0n) is 6.13. The molecule has 1 aromatic carbocycles. The monoisotopic (exact) mass is 201 g/mol. The predicted octanol–water partition coefficient (Wildman–Crippen LogP) is 2.23. The number of aromatic nitrogens is 2. The van der Waals surface area contributed by atoms with Crippen LogP contribution in [0.4, 0.5) is 5.69 Å². The molecule has 0 atom stereocenters. The normalized spacial score (nSPS) is 9.67. The third-order valence-corrected chi connectivity index (χ3v) is 1.74. The van der Waals surface area contributed by atoms with Gasteiger partial charge in [-0.15, -0.1) is 12.4 Å². The summed E-state index contributed by atoms with van der Waals surface area (Å²) in [5.74, 6) is 0. The van der Waals surface area contributed by atoms with Gasteiger partial charge < -0.3 is 15.7 Å². The number of halogens is 1. The van der Waals surface area contributed by atoms with Crippen LogP contribution in [0.25, 0.3) is 11.0 Å². The number of imidazole rings is 1. The minimum Gasteiger partial charge on any atom is -0.399 e. The average molecular weight is 202 g/mol. The molecule has 0 bridgehead atoms. The highest BCUT2D eigenvalue weighted by Gasteiger charge is 1.94. The second-order valence-electron chi connectivity index (χ2n) is 2.38. The molecular formula is C7H8ClN3S. The Labute approximate surface area is 80.4 Å². The third kappa shape index (κ3) is 1.44. The van der Waals surface area contributed by atoms with E-state index < -0.39 is 0 Å². The maximum absolute atomic E-state index is 5.57. The van der Waals surface area contributed by atoms with E-state index in [-0.39, 0.29) is 12.4 Å². The van der Waals surface area contributed by atoms with E-state index in [0.717, 1.165) is 16.7 Å². The van der Waals surface area contributed by atoms with Crippen molar-refractivity contribution in [1.82, 2.24) is 9.97 Å². The van der Waals surface area contributed by atoms with Gasteiger partial charge in [0.15, 0.2) is 4.77 Å². The number of hydrogen-bond donors (Lipinski definition) is 3. The molecule has 5 heteroatoms. The third-order valence-electron chi connectivity index (χ3n) is 1.54. The first-order valence-electron chi connectivity index (χ1n) is 3.23. The number of hydrogen-bond acceptors (Lipinski definition) is 2. The first-order valence-corrected chi connectivity index (χ1v) is 3.64. The quantitative estimate of drug-likeness (QED) is 0.452. The molecular weight excluding hydrogens is 194 g/mol. The van der Waals surface area contributed by atoms with Crippen LogP contribution in [0.15, 0.2) is 18.2 Å². The Hall–Kier alpha value is -1.00. The molecule has 0 aliphatic heterocycles. The number of anilines is 1. The van der Waals surface area contributed by atoms with E-state index in [9.17, 15) is 0 Å². The van der Waals surface area contributed by atoms with Crippen LogP contribution in [0, 0.1) is 4.77 Å². The molecule has 1 heterocycles. The van der Waals surface area contributed by atoms with Gasteiger partial charge in [0.05, 0.1) is 11.0 Å². The summed E-state index contributed by atoms with van der Waals surface area (Å²) in [5, 5.41) is 0. The molecule has 1 aromatic heterocycles. The Morgan fingerprint density at radius 1 is 1.17 bits per heavy atom. The molecule has 2 rings (SSSR count). The van der Waals surface area contributed by atoms with Gasteiger partial charge in [-0.05, 0) is 30.4 Å². The standard InChI is InChI=1S/C7H7N3S.ClH/c8-4-1-2-5-6(3-4)10-7(11)9-5;/h1-3H,8H2,(H2,9,10,11);1H. The highest BCUT2D eigenvalue weighted by atomic mass is 35.5. The number of fused-ring (bicyclic) bond motifs is 1. The highest BCUT2D eigenvalue weighted by molar-refractivity contribution is 7.71. The maximum atomic E-state index is 5.57. The number of rotatable bonds is 0. The van der Waals surface area contributed by atoms with Crippen LogP contribution in [-0.4, -0.2) is 9.97 Å². The van der Waals surface area contributed by atoms with Crippen molar-refractivity contribution in [2.24, 2.45) is 0 Å². The minimum atomic E-state index is 0. The van der Waals surface area contributed by atoms with Gasteiger partial charge in [-0.2, -0.15) is 0 Å². The molecule has 0 saturated heterocycles. The fourth-order valence-corrected chi connectivity index (χ4v) is 1.27. The summed E-state index contributed by atoms with van der Waals surface area (Å²) in [5.41, 5.74) is 8.25. The zero-order chi connectivity index (χ0) is 7.84. The van der Waals surface area contributed by atoms with E-state index in [0.29, 0.717) is 4.77 Å². The van der Waals surface area contributed by atoms with Crippen molar-refractivity contribution in [3.8, 4) is 0 Å². The molecule has 0 aliphatic rings. The predicted molar refractivity (Wildman–Crippen MR) is 55.1 cm³/mol. The first-order chi connectivity index (χ1) is 5.25. The molecule has 0 aliphatic carbocycles. The van der Waals surface area contributed by atoms with E-state index in [1.54, 1.807) is 0 Å². The largest absolute Gasteiger partial charge is 0.399 e. The van der Waals surface area contributed by atoms with Crippen molar-refractivity contribution >= 4 is 41.3 Å². The van der Waals surface area contributed by atoms with Gasteiger partial charge in [0.1, 0.15) is 0 Å². The van der Waals surface area contributed by atoms with Crippen molar-refractivity contribution < 1.29 is 0 Å². The summed E-state index contributed by atoms with van der Waals surface area (Å²) in [6, 6.07) is 5.58. The van der Waals surface area contributed by atoms with Gasteiger partial charge in [0.2, 0.25) is 0 Å². The summed E-state index contributed by atoms with van der Waals surface area (Å²) in [6.45, 7) is 0. The number of aromatic amines is 2. The molecule has 2 aromatic rings. The number of nitrogens with two attached hydrogens (primary N) is 1. The number of benzene rings is 1. The lowest BCUT2D eigenvalue weighted by molar-refractivity contribution is 1.30. The summed E-state index contributed by atoms with van der Waals surface area (Å²) in [4.78, 5) is 5.97. The topological polar surface area (TPSA) is 57.6 Å². The molecule has 3 nitrogen and oxygen atoms in total. The Morgan fingerprint density at radius 2 is 1.83 bits per heavy atom. The van der Waals surface area contributed by atoms with Crippen LogP contribution in [0.1, 0.15) is 0 Å². The van der Waals surface area contributed by atoms with E-state index in [4.69, 9.17) is 18.0 Å². The van der Waals surface area contributed by atoms with Gasteiger partial charge in [0, 0.05) is 5.69 Å². The van der Waals surface area contributed by atoms with Crippen LogP contribution in [0.2, 0.25) is 0 Å². The Bertz CT molecular complexity index is 445. The molecule has 0 radical (unpaired) electrons. The molecule has 0 unspecified atom stereocenters. The average Bonchev–Trinajstić information content (AvgIpc) is 2.27. The summed E-state index contributed by atoms with van der Waals surface area (Å²) in [6.07, 6.45) is 0. The fourth-order valence-electron chi connectivity index (χ4n) is 1.05. The molecule has 0 spiro atoms. The van der Waals surface area contributed by atoms with Crippen molar-refractivity contribution in [2.75, 3.05) is 5.73 Å². The molecule has 64 valence electrons. The highest BCUT2D eigenvalue weighted by Crippen LogP contribution is 2.12. The second-order valence-corrected chi connectivity index (χ2v) is 2.79. The summed E-state index contributed by atoms with van der Waals surface area (Å²) >= 11 is 4.90. The van der Waals surface area contributed by atoms with E-state index in [1.807, 2.05) is 18.2 Å². The number of nitrogens with one attached hydrogen (secondary N) is 2. The van der Waals surface area contributed by atoms with E-state index in [2.05, 4.69) is 9.97 Å². The van der Waals surface area contributed by atoms with E-state index >= 15 is 0 Å². The number of H-pyrrole nitrogens is 2. The van der Waals surface area contributed by atoms with Gasteiger partial charge in [-0.25, -0.2) is 0 Å². The minimum absolute atomic E-state index is 0. The van der Waals surface area contributed by atoms with Gasteiger partial charge in [-0.1, -0.05) is 0 Å². The smallest absolute Gasteiger partial charge is 0.175 e. The van der Waals surface area contributed by atoms with Gasteiger partial charge in [0.25, 0.3) is 0 Å². The first kappa shape index (κ1) is 9.09. The molecule has 0 amide bonds. The second kappa shape index (κ2) is 3.16. The van der Waals surface area contributed by atoms with Crippen molar-refractivity contribution in [1.29, 1.82) is 0 Å². The van der Waals surface area contributed by atoms with Crippen LogP contribution < -0.4 is 5.73 Å². The SMILES string of the molecule is Cl.Nc1ccc2[nH]c(=S)[nH]c2c1. The maximum Gasteiger partial charge on any atom is 0.175 e. The van der Waals surface area contributed by atoms with Crippen LogP contribution in [0.5, 0.6) is 0 Å². The lowest BCUT2D eigenvalue weighted by Crippen LogP contribution is -1.82. The zero-order valence-corrected chi connectivity index (χ0v) is 7.76. The van der Waals surface area contributed by atoms with E-state index in [1.165, 1.54) is 0 Å². The Morgan fingerprint density at radius 3 is 2.58 bits per heavy atom. The van der Waals surface area contributed by atoms with Crippen LogP contribution >= 0.6 is 24.6 Å². The number of nitrogen functional groups attached to an aromatic ring is 1. The molecule has 0 saturated carbocycles. The van der Waals surface area contributed by atoms with Crippen LogP contribution in [-0.2, 0) is 0 Å². The van der Waals surface area contributed by atoms with Gasteiger partial charge >= 0.3 is 0 Å². The Kier molecular flexibility index (Phi) is 2.40. The molecule has 12 heavy (non-hydrogen) atoms. The molecule has 0 fully saturated rings. The van der Waals surface area contributed by atoms with Crippen molar-refractivity contribution in [3.63, 3.8) is 0 Å². The van der Waals surface area contributed by atoms with Crippen molar-refractivity contribution in [2.45, 2.75) is 0 Å². The van der Waals surface area contributed by atoms with Gasteiger partial charge in [-0.3, -0.25) is 0 Å². The molecule has 4 N–H and O–H groups in total. The van der Waals surface area contributed by atoms with Crippen molar-refractivity contribution in [3.05, 3.63) is 23.0 Å². The van der Waals surface area contributed by atoms with Crippen LogP contribution in [0.3, 0.4) is 0 Å². The summed E-state index contributed by atoms with van der Waals surface area (Å²) < 4.78 is 0.630. The fraction of sp³-hybridized carbons (Fsp3) is 0.